The van der Waals surface area contributed by atoms with Gasteiger partial charge in [0, 0.05) is 35.8 Å². The first-order valence-electron chi connectivity index (χ1n) is 13.7. The summed E-state index contributed by atoms with van der Waals surface area (Å²) in [6, 6.07) is 31.0. The largest absolute Gasteiger partial charge is 0.494 e. The average Bonchev–Trinajstić information content (AvgIpc) is 3.62. The van der Waals surface area contributed by atoms with E-state index in [0.29, 0.717) is 18.3 Å². The number of amides is 1. The van der Waals surface area contributed by atoms with Crippen LogP contribution in [0.2, 0.25) is 0 Å². The summed E-state index contributed by atoms with van der Waals surface area (Å²) in [7, 11) is 0. The van der Waals surface area contributed by atoms with E-state index in [2.05, 4.69) is 15.6 Å². The molecule has 8 heteroatoms. The Kier molecular flexibility index (Phi) is 7.65. The lowest BCUT2D eigenvalue weighted by molar-refractivity contribution is -0.116. The number of hydrogen-bond acceptors (Lipinski definition) is 5. The third-order valence-electron chi connectivity index (χ3n) is 7.21. The van der Waals surface area contributed by atoms with Gasteiger partial charge in [0.15, 0.2) is 5.11 Å². The Morgan fingerprint density at radius 1 is 1.00 bits per heavy atom. The molecular formula is C33H30N4O3S. The summed E-state index contributed by atoms with van der Waals surface area (Å²) in [4.78, 5) is 19.7. The Morgan fingerprint density at radius 3 is 2.61 bits per heavy atom. The zero-order chi connectivity index (χ0) is 28.2. The summed E-state index contributed by atoms with van der Waals surface area (Å²) in [5.41, 5.74) is 2.59. The molecule has 5 aromatic rings. The predicted octanol–water partition coefficient (Wildman–Crippen LogP) is 6.89. The first-order chi connectivity index (χ1) is 20.1. The zero-order valence-corrected chi connectivity index (χ0v) is 23.4. The first kappa shape index (κ1) is 26.5. The van der Waals surface area contributed by atoms with Crippen molar-refractivity contribution in [3.05, 3.63) is 115 Å². The van der Waals surface area contributed by atoms with Gasteiger partial charge in [-0.15, -0.1) is 0 Å². The highest BCUT2D eigenvalue weighted by atomic mass is 32.1. The first-order valence-corrected chi connectivity index (χ1v) is 14.1. The molecule has 1 fully saturated rings. The van der Waals surface area contributed by atoms with Crippen molar-refractivity contribution < 1.29 is 13.9 Å². The van der Waals surface area contributed by atoms with Crippen LogP contribution in [0.1, 0.15) is 36.9 Å². The maximum absolute atomic E-state index is 13.1. The van der Waals surface area contributed by atoms with Crippen molar-refractivity contribution in [2.75, 3.05) is 18.5 Å². The van der Waals surface area contributed by atoms with E-state index in [-0.39, 0.29) is 24.4 Å². The van der Waals surface area contributed by atoms with Crippen molar-refractivity contribution in [2.45, 2.75) is 25.4 Å². The predicted molar refractivity (Wildman–Crippen MR) is 165 cm³/mol. The number of fused-ring (bicyclic) bond motifs is 1. The molecule has 0 bridgehead atoms. The summed E-state index contributed by atoms with van der Waals surface area (Å²) < 4.78 is 12.0. The number of furan rings is 1. The number of hydrogen-bond donors (Lipinski definition) is 2. The van der Waals surface area contributed by atoms with E-state index in [1.807, 2.05) is 109 Å². The monoisotopic (exact) mass is 562 g/mol. The summed E-state index contributed by atoms with van der Waals surface area (Å²) in [5.74, 6) is 2.22. The Morgan fingerprint density at radius 2 is 1.80 bits per heavy atom. The molecule has 1 amide bonds. The van der Waals surface area contributed by atoms with Crippen LogP contribution in [0.25, 0.3) is 22.1 Å². The van der Waals surface area contributed by atoms with Crippen LogP contribution in [0.5, 0.6) is 5.75 Å². The molecular weight excluding hydrogens is 532 g/mol. The Balaban J connectivity index is 1.24. The number of anilines is 1. The second kappa shape index (κ2) is 11.8. The van der Waals surface area contributed by atoms with E-state index in [9.17, 15) is 4.79 Å². The summed E-state index contributed by atoms with van der Waals surface area (Å²) in [5, 5.41) is 9.15. The molecule has 7 nitrogen and oxygen atoms in total. The number of pyridine rings is 1. The van der Waals surface area contributed by atoms with Gasteiger partial charge in [-0.25, -0.2) is 0 Å². The minimum atomic E-state index is -0.279. The van der Waals surface area contributed by atoms with Crippen LogP contribution < -0.4 is 15.4 Å². The molecule has 1 saturated heterocycles. The van der Waals surface area contributed by atoms with E-state index in [4.69, 9.17) is 21.4 Å². The number of ether oxygens (including phenoxy) is 1. The van der Waals surface area contributed by atoms with Crippen LogP contribution in [0.4, 0.5) is 5.69 Å². The number of rotatable bonds is 9. The summed E-state index contributed by atoms with van der Waals surface area (Å²) in [6.45, 7) is 2.99. The Labute approximate surface area is 244 Å². The molecule has 0 radical (unpaired) electrons. The number of carbonyl (C=O) groups is 1. The fourth-order valence-corrected chi connectivity index (χ4v) is 5.61. The molecule has 1 aliphatic rings. The van der Waals surface area contributed by atoms with Gasteiger partial charge in [-0.1, -0.05) is 42.5 Å². The molecule has 6 rings (SSSR count). The fraction of sp³-hybridized carbons (Fsp3) is 0.182. The number of nitrogens with one attached hydrogen (secondary N) is 2. The van der Waals surface area contributed by atoms with Gasteiger partial charge >= 0.3 is 0 Å². The van der Waals surface area contributed by atoms with Gasteiger partial charge in [0.25, 0.3) is 0 Å². The molecule has 2 aromatic heterocycles. The summed E-state index contributed by atoms with van der Waals surface area (Å²) >= 11 is 5.78. The van der Waals surface area contributed by atoms with Gasteiger partial charge in [-0.2, -0.15) is 0 Å². The van der Waals surface area contributed by atoms with Gasteiger partial charge < -0.3 is 24.7 Å². The Hall–Kier alpha value is -4.69. The lowest BCUT2D eigenvalue weighted by atomic mass is 10.0. The molecule has 0 aliphatic carbocycles. The van der Waals surface area contributed by atoms with Crippen LogP contribution in [0.3, 0.4) is 0 Å². The molecule has 2 N–H and O–H groups in total. The van der Waals surface area contributed by atoms with Gasteiger partial charge in [0.2, 0.25) is 5.91 Å². The lowest BCUT2D eigenvalue weighted by Crippen LogP contribution is -2.32. The highest BCUT2D eigenvalue weighted by molar-refractivity contribution is 7.80. The average molecular weight is 563 g/mol. The van der Waals surface area contributed by atoms with Gasteiger partial charge in [-0.05, 0) is 79.1 Å². The minimum absolute atomic E-state index is 0.0845. The quantitative estimate of drug-likeness (QED) is 0.189. The van der Waals surface area contributed by atoms with Crippen LogP contribution in [0.15, 0.2) is 108 Å². The Bertz CT molecular complexity index is 1660. The van der Waals surface area contributed by atoms with Crippen LogP contribution >= 0.6 is 12.2 Å². The molecule has 2 atom stereocenters. The lowest BCUT2D eigenvalue weighted by Gasteiger charge is -2.26. The second-order valence-corrected chi connectivity index (χ2v) is 10.2. The van der Waals surface area contributed by atoms with Crippen LogP contribution in [0, 0.1) is 0 Å². The SMILES string of the molecule is CCOc1ccc(-c2ccc(C3C(c4ccccn4)NC(=S)N3CCC(=O)Nc3cccc4ccccc34)o2)cc1. The van der Waals surface area contributed by atoms with E-state index in [0.717, 1.165) is 45.0 Å². The summed E-state index contributed by atoms with van der Waals surface area (Å²) in [6.07, 6.45) is 2.02. The van der Waals surface area contributed by atoms with E-state index < -0.39 is 0 Å². The van der Waals surface area contributed by atoms with E-state index in [1.165, 1.54) is 0 Å². The number of aromatic nitrogens is 1. The van der Waals surface area contributed by atoms with E-state index in [1.54, 1.807) is 6.20 Å². The normalized spacial score (nSPS) is 16.5. The van der Waals surface area contributed by atoms with Gasteiger partial charge in [0.05, 0.1) is 18.3 Å². The minimum Gasteiger partial charge on any atom is -0.494 e. The van der Waals surface area contributed by atoms with Crippen molar-refractivity contribution in [1.29, 1.82) is 0 Å². The number of thiocarbonyl (C=S) groups is 1. The fourth-order valence-electron chi connectivity index (χ4n) is 5.27. The molecule has 0 spiro atoms. The van der Waals surface area contributed by atoms with Crippen molar-refractivity contribution in [3.8, 4) is 17.1 Å². The standard InChI is InChI=1S/C33H30N4O3S/c1-2-39-24-15-13-23(14-16-24)28-17-18-29(40-28)32-31(27-11-5-6-20-34-27)36-33(41)37(32)21-19-30(38)35-26-12-7-9-22-8-3-4-10-25(22)26/h3-18,20,31-32H,2,19,21H2,1H3,(H,35,38)(H,36,41). The second-order valence-electron chi connectivity index (χ2n) is 9.80. The smallest absolute Gasteiger partial charge is 0.226 e. The molecule has 3 aromatic carbocycles. The van der Waals surface area contributed by atoms with Crippen molar-refractivity contribution >= 4 is 39.7 Å². The third-order valence-corrected chi connectivity index (χ3v) is 7.56. The van der Waals surface area contributed by atoms with Crippen LogP contribution in [-0.2, 0) is 4.79 Å². The van der Waals surface area contributed by atoms with Crippen molar-refractivity contribution in [2.24, 2.45) is 0 Å². The van der Waals surface area contributed by atoms with Crippen LogP contribution in [-0.4, -0.2) is 34.1 Å². The molecule has 3 heterocycles. The van der Waals surface area contributed by atoms with Crippen molar-refractivity contribution in [1.82, 2.24) is 15.2 Å². The number of benzene rings is 3. The topological polar surface area (TPSA) is 79.6 Å². The molecule has 2 unspecified atom stereocenters. The third kappa shape index (κ3) is 5.64. The highest BCUT2D eigenvalue weighted by Crippen LogP contribution is 2.40. The molecule has 41 heavy (non-hydrogen) atoms. The van der Waals surface area contributed by atoms with Crippen molar-refractivity contribution in [3.63, 3.8) is 0 Å². The zero-order valence-electron chi connectivity index (χ0n) is 22.6. The maximum atomic E-state index is 13.1. The van der Waals surface area contributed by atoms with Gasteiger partial charge in [-0.3, -0.25) is 9.78 Å². The number of carbonyl (C=O) groups excluding carboxylic acids is 1. The van der Waals surface area contributed by atoms with Gasteiger partial charge in [0.1, 0.15) is 23.3 Å². The molecule has 206 valence electrons. The number of nitrogens with zero attached hydrogens (tertiary/aromatic N) is 2. The highest BCUT2D eigenvalue weighted by Gasteiger charge is 2.41. The molecule has 0 saturated carbocycles. The molecule has 1 aliphatic heterocycles. The van der Waals surface area contributed by atoms with E-state index >= 15 is 0 Å². The maximum Gasteiger partial charge on any atom is 0.226 e.